The van der Waals surface area contributed by atoms with E-state index in [1.807, 2.05) is 13.0 Å². The molecule has 3 aromatic rings. The number of benzene rings is 2. The van der Waals surface area contributed by atoms with Crippen molar-refractivity contribution in [3.05, 3.63) is 77.8 Å². The summed E-state index contributed by atoms with van der Waals surface area (Å²) in [6.07, 6.45) is -0.607. The number of halogens is 3. The molecule has 1 aliphatic rings. The zero-order valence-corrected chi connectivity index (χ0v) is 17.5. The van der Waals surface area contributed by atoms with Gasteiger partial charge in [-0.2, -0.15) is 17.7 Å². The summed E-state index contributed by atoms with van der Waals surface area (Å²) in [4.78, 5) is 7.74. The van der Waals surface area contributed by atoms with Crippen molar-refractivity contribution in [3.8, 4) is 11.3 Å². The monoisotopic (exact) mass is 448 g/mol. The van der Waals surface area contributed by atoms with Crippen molar-refractivity contribution in [3.63, 3.8) is 0 Å². The molecule has 162 valence electrons. The number of alkyl halides is 3. The number of nitrogens with zero attached hydrogens (tertiary/aromatic N) is 2. The van der Waals surface area contributed by atoms with Crippen molar-refractivity contribution >= 4 is 16.0 Å². The zero-order valence-electron chi connectivity index (χ0n) is 16.7. The Morgan fingerprint density at radius 3 is 2.55 bits per heavy atom. The van der Waals surface area contributed by atoms with E-state index in [1.165, 1.54) is 16.6 Å². The van der Waals surface area contributed by atoms with Crippen molar-refractivity contribution in [2.24, 2.45) is 0 Å². The van der Waals surface area contributed by atoms with Gasteiger partial charge in [-0.05, 0) is 47.4 Å². The van der Waals surface area contributed by atoms with Crippen molar-refractivity contribution in [1.82, 2.24) is 14.3 Å². The molecule has 0 spiro atoms. The molecule has 5 nitrogen and oxygen atoms in total. The molecule has 0 saturated carbocycles. The summed E-state index contributed by atoms with van der Waals surface area (Å²) in [7, 11) is -3.34. The van der Waals surface area contributed by atoms with Gasteiger partial charge in [-0.15, -0.1) is 0 Å². The minimum absolute atomic E-state index is 0.262. The van der Waals surface area contributed by atoms with Crippen LogP contribution in [0, 0.1) is 6.92 Å². The Bertz CT molecular complexity index is 1170. The number of rotatable bonds is 4. The number of H-pyrrole nitrogens is 1. The van der Waals surface area contributed by atoms with E-state index >= 15 is 0 Å². The lowest BCUT2D eigenvalue weighted by Gasteiger charge is -2.23. The summed E-state index contributed by atoms with van der Waals surface area (Å²) < 4.78 is 64.0. The van der Waals surface area contributed by atoms with Gasteiger partial charge in [0.25, 0.3) is 0 Å². The summed E-state index contributed by atoms with van der Waals surface area (Å²) in [5, 5.41) is 0. The highest BCUT2D eigenvalue weighted by atomic mass is 32.3. The van der Waals surface area contributed by atoms with Crippen LogP contribution in [0.5, 0.6) is 0 Å². The molecular formula is C22H21F3N3O2S+. The van der Waals surface area contributed by atoms with Gasteiger partial charge >= 0.3 is 16.6 Å². The van der Waals surface area contributed by atoms with Gasteiger partial charge in [0.05, 0.1) is 30.5 Å². The minimum Gasteiger partial charge on any atom is -0.338 e. The average Bonchev–Trinajstić information content (AvgIpc) is 3.24. The summed E-state index contributed by atoms with van der Waals surface area (Å²) >= 11 is 0. The van der Waals surface area contributed by atoms with Crippen molar-refractivity contribution in [1.29, 1.82) is 0 Å². The Balaban J connectivity index is 1.52. The molecule has 0 saturated heterocycles. The summed E-state index contributed by atoms with van der Waals surface area (Å²) in [5.74, 6) is 0.548. The number of aromatic amines is 1. The molecule has 0 aliphatic carbocycles. The lowest BCUT2D eigenvalue weighted by Crippen LogP contribution is -2.39. The first-order chi connectivity index (χ1) is 14.6. The molecule has 1 aromatic heterocycles. The number of hydrogen-bond acceptors (Lipinski definition) is 2. The van der Waals surface area contributed by atoms with Crippen LogP contribution in [0.15, 0.2) is 65.7 Å². The first-order valence-electron chi connectivity index (χ1n) is 9.65. The van der Waals surface area contributed by atoms with Gasteiger partial charge in [-0.25, -0.2) is 4.98 Å². The van der Waals surface area contributed by atoms with E-state index in [0.717, 1.165) is 23.3 Å². The molecule has 2 heterocycles. The predicted molar refractivity (Wildman–Crippen MR) is 113 cm³/mol. The summed E-state index contributed by atoms with van der Waals surface area (Å²) in [6, 6.07) is 12.0. The molecule has 1 atom stereocenters. The van der Waals surface area contributed by atoms with E-state index in [2.05, 4.69) is 9.97 Å². The maximum atomic E-state index is 13.0. The van der Waals surface area contributed by atoms with Crippen LogP contribution in [-0.2, 0) is 20.8 Å². The summed E-state index contributed by atoms with van der Waals surface area (Å²) in [5.41, 5.74) is 2.02. The van der Waals surface area contributed by atoms with Crippen LogP contribution in [-0.4, -0.2) is 31.9 Å². The van der Waals surface area contributed by atoms with Gasteiger partial charge in [0.2, 0.25) is 4.90 Å². The second-order valence-corrected chi connectivity index (χ2v) is 9.38. The normalized spacial score (nSPS) is 17.3. The third kappa shape index (κ3) is 4.48. The van der Waals surface area contributed by atoms with Crippen molar-refractivity contribution < 1.29 is 21.9 Å². The molecule has 1 aliphatic heterocycles. The fourth-order valence-corrected chi connectivity index (χ4v) is 4.85. The first kappa shape index (κ1) is 21.5. The Morgan fingerprint density at radius 1 is 1.16 bits per heavy atom. The third-order valence-corrected chi connectivity index (χ3v) is 7.15. The molecule has 2 aromatic carbocycles. The molecule has 9 heteroatoms. The highest BCUT2D eigenvalue weighted by molar-refractivity contribution is 7.95. The zero-order chi connectivity index (χ0) is 22.2. The van der Waals surface area contributed by atoms with Gasteiger partial charge in [-0.3, -0.25) is 0 Å². The molecule has 2 N–H and O–H groups in total. The van der Waals surface area contributed by atoms with Crippen molar-refractivity contribution in [2.45, 2.75) is 24.4 Å². The second-order valence-electron chi connectivity index (χ2n) is 7.40. The minimum atomic E-state index is -4.41. The smallest absolute Gasteiger partial charge is 0.338 e. The van der Waals surface area contributed by atoms with Gasteiger partial charge in [-0.1, -0.05) is 40.2 Å². The fourth-order valence-electron chi connectivity index (χ4n) is 3.45. The highest BCUT2D eigenvalue weighted by Gasteiger charge is 2.39. The Hall–Kier alpha value is -2.75. The molecule has 4 rings (SSSR count). The van der Waals surface area contributed by atoms with Crippen LogP contribution in [0.25, 0.3) is 16.8 Å². The number of aryl methyl sites for hydroxylation is 1. The van der Waals surface area contributed by atoms with Crippen LogP contribution in [0.4, 0.5) is 13.2 Å². The SMILES string of the molecule is Cc1ccc([S+](=O)(O)N2CC=C(c3ncc(-c4cccc(C(F)(F)F)c4)[nH]3)CC2)cc1. The molecular weight excluding hydrogens is 427 g/mol. The predicted octanol–water partition coefficient (Wildman–Crippen LogP) is 5.44. The van der Waals surface area contributed by atoms with Gasteiger partial charge in [0.15, 0.2) is 0 Å². The molecule has 0 bridgehead atoms. The average molecular weight is 448 g/mol. The number of nitrogens with one attached hydrogen (secondary N) is 1. The maximum Gasteiger partial charge on any atom is 0.416 e. The number of hydrogen-bond donors (Lipinski definition) is 2. The van der Waals surface area contributed by atoms with Crippen LogP contribution in [0.1, 0.15) is 23.4 Å². The van der Waals surface area contributed by atoms with E-state index in [-0.39, 0.29) is 6.54 Å². The second kappa shape index (κ2) is 8.07. The third-order valence-electron chi connectivity index (χ3n) is 5.23. The van der Waals surface area contributed by atoms with Crippen LogP contribution in [0.3, 0.4) is 0 Å². The lowest BCUT2D eigenvalue weighted by molar-refractivity contribution is -0.137. The number of imidazole rings is 1. The molecule has 31 heavy (non-hydrogen) atoms. The van der Waals surface area contributed by atoms with E-state index < -0.39 is 22.1 Å². The Labute approximate surface area is 179 Å². The first-order valence-corrected chi connectivity index (χ1v) is 11.1. The van der Waals surface area contributed by atoms with E-state index in [1.54, 1.807) is 30.3 Å². The maximum absolute atomic E-state index is 13.0. The largest absolute Gasteiger partial charge is 0.416 e. The van der Waals surface area contributed by atoms with E-state index in [4.69, 9.17) is 0 Å². The lowest BCUT2D eigenvalue weighted by atomic mass is 10.1. The van der Waals surface area contributed by atoms with Gasteiger partial charge in [0, 0.05) is 5.56 Å². The number of aromatic nitrogens is 2. The molecule has 0 amide bonds. The van der Waals surface area contributed by atoms with Crippen LogP contribution in [0.2, 0.25) is 0 Å². The van der Waals surface area contributed by atoms with Crippen molar-refractivity contribution in [2.75, 3.05) is 13.1 Å². The Kier molecular flexibility index (Phi) is 5.59. The van der Waals surface area contributed by atoms with Gasteiger partial charge < -0.3 is 4.98 Å². The summed E-state index contributed by atoms with van der Waals surface area (Å²) in [6.45, 7) is 2.53. The van der Waals surface area contributed by atoms with Crippen LogP contribution >= 0.6 is 0 Å². The quantitative estimate of drug-likeness (QED) is 0.522. The fraction of sp³-hybridized carbons (Fsp3) is 0.227. The Morgan fingerprint density at radius 2 is 1.90 bits per heavy atom. The van der Waals surface area contributed by atoms with Crippen LogP contribution < -0.4 is 0 Å². The van der Waals surface area contributed by atoms with E-state index in [0.29, 0.717) is 34.9 Å². The molecule has 0 radical (unpaired) electrons. The topological polar surface area (TPSA) is 69.2 Å². The highest BCUT2D eigenvalue weighted by Crippen LogP contribution is 2.33. The molecule has 0 fully saturated rings. The standard InChI is InChI=1S/C22H20F3N3O2S/c1-15-5-7-19(8-6-15)31(29,30)28-11-9-16(10-12-28)21-26-14-20(27-21)17-3-2-4-18(13-17)22(23,24)25/h2-9,13-14H,10-12H2,1H3,(H-,26,27,29,30)/p+1. The van der Waals surface area contributed by atoms with E-state index in [9.17, 15) is 21.9 Å². The molecule has 1 unspecified atom stereocenters. The van der Waals surface area contributed by atoms with Gasteiger partial charge in [0.1, 0.15) is 5.82 Å².